The molecule has 1 aromatic carbocycles. The summed E-state index contributed by atoms with van der Waals surface area (Å²) in [5, 5.41) is 5.72. The van der Waals surface area contributed by atoms with Crippen LogP contribution in [0.4, 0.5) is 0 Å². The lowest BCUT2D eigenvalue weighted by Gasteiger charge is -2.27. The molecule has 0 aliphatic carbocycles. The van der Waals surface area contributed by atoms with E-state index in [1.165, 1.54) is 12.1 Å². The second kappa shape index (κ2) is 9.17. The van der Waals surface area contributed by atoms with Crippen molar-refractivity contribution in [3.05, 3.63) is 29.3 Å². The quantitative estimate of drug-likeness (QED) is 0.332. The first-order valence-corrected chi connectivity index (χ1v) is 10.4. The van der Waals surface area contributed by atoms with Gasteiger partial charge < -0.3 is 10.1 Å². The van der Waals surface area contributed by atoms with Crippen molar-refractivity contribution in [3.8, 4) is 5.75 Å². The smallest absolute Gasteiger partial charge is 0.266 e. The van der Waals surface area contributed by atoms with Gasteiger partial charge in [0.2, 0.25) is 11.8 Å². The van der Waals surface area contributed by atoms with Crippen molar-refractivity contribution in [2.45, 2.75) is 31.7 Å². The second-order valence-electron chi connectivity index (χ2n) is 6.66. The number of amides is 5. The molecule has 154 valence electrons. The molecule has 1 fully saturated rings. The van der Waals surface area contributed by atoms with Gasteiger partial charge in [0.25, 0.3) is 17.7 Å². The molecule has 5 amide bonds. The molecule has 9 nitrogen and oxygen atoms in total. The molecule has 1 saturated heterocycles. The van der Waals surface area contributed by atoms with Crippen molar-refractivity contribution >= 4 is 45.5 Å². The van der Waals surface area contributed by atoms with Gasteiger partial charge in [-0.05, 0) is 31.4 Å². The molecule has 29 heavy (non-hydrogen) atoms. The first kappa shape index (κ1) is 21.0. The number of nitrogens with one attached hydrogen (secondary N) is 2. The number of rotatable bonds is 8. The van der Waals surface area contributed by atoms with Crippen LogP contribution in [-0.2, 0) is 14.4 Å². The Hall–Kier alpha value is -2.75. The molecule has 3 rings (SSSR count). The predicted octanol–water partition coefficient (Wildman–Crippen LogP) is 0.758. The Kier molecular flexibility index (Phi) is 6.63. The van der Waals surface area contributed by atoms with E-state index in [0.717, 1.165) is 23.1 Å². The fourth-order valence-electron chi connectivity index (χ4n) is 3.25. The largest absolute Gasteiger partial charge is 0.483 e. The summed E-state index contributed by atoms with van der Waals surface area (Å²) in [7, 11) is 0. The molecular weight excluding hydrogens is 446 g/mol. The maximum atomic E-state index is 12.9. The van der Waals surface area contributed by atoms with Gasteiger partial charge in [0.1, 0.15) is 11.8 Å². The van der Waals surface area contributed by atoms with Gasteiger partial charge in [0.05, 0.1) is 11.1 Å². The number of hydrogen-bond acceptors (Lipinski definition) is 6. The van der Waals surface area contributed by atoms with Crippen LogP contribution in [0.25, 0.3) is 0 Å². The van der Waals surface area contributed by atoms with Crippen molar-refractivity contribution in [1.82, 2.24) is 15.5 Å². The van der Waals surface area contributed by atoms with E-state index in [2.05, 4.69) is 26.6 Å². The molecule has 0 aromatic heterocycles. The van der Waals surface area contributed by atoms with E-state index >= 15 is 0 Å². The number of carbonyl (C=O) groups is 5. The molecule has 0 saturated carbocycles. The number of ether oxygens (including phenoxy) is 1. The third-order valence-electron chi connectivity index (χ3n) is 4.67. The summed E-state index contributed by atoms with van der Waals surface area (Å²) in [6.07, 6.45) is 1.87. The number of piperidine rings is 1. The maximum Gasteiger partial charge on any atom is 0.266 e. The van der Waals surface area contributed by atoms with E-state index in [1.54, 1.807) is 6.07 Å². The molecule has 10 heteroatoms. The van der Waals surface area contributed by atoms with E-state index in [4.69, 9.17) is 4.74 Å². The molecular formula is C19H20BrN3O6. The van der Waals surface area contributed by atoms with E-state index in [1.807, 2.05) is 0 Å². The summed E-state index contributed by atoms with van der Waals surface area (Å²) in [5.41, 5.74) is 0.129. The van der Waals surface area contributed by atoms with Gasteiger partial charge in [-0.25, -0.2) is 0 Å². The fraction of sp³-hybridized carbons (Fsp3) is 0.421. The Morgan fingerprint density at radius 2 is 2.00 bits per heavy atom. The van der Waals surface area contributed by atoms with E-state index in [0.29, 0.717) is 6.54 Å². The summed E-state index contributed by atoms with van der Waals surface area (Å²) in [6.45, 7) is 0.214. The lowest BCUT2D eigenvalue weighted by molar-refractivity contribution is -0.136. The van der Waals surface area contributed by atoms with E-state index in [-0.39, 0.29) is 42.2 Å². The van der Waals surface area contributed by atoms with Crippen LogP contribution in [0.2, 0.25) is 0 Å². The highest BCUT2D eigenvalue weighted by atomic mass is 79.9. The highest BCUT2D eigenvalue weighted by Gasteiger charge is 2.46. The van der Waals surface area contributed by atoms with Crippen LogP contribution in [-0.4, -0.2) is 59.0 Å². The van der Waals surface area contributed by atoms with Gasteiger partial charge in [-0.2, -0.15) is 0 Å². The zero-order chi connectivity index (χ0) is 21.0. The standard InChI is InChI=1S/C19H20BrN3O6/c20-8-1-2-9-21-15(25)10-29-13-5-3-4-11-16(13)19(28)23(18(11)27)12-6-7-14(24)22-17(12)26/h3-5,12H,1-2,6-10H2,(H,21,25)(H,22,24,26). The first-order chi connectivity index (χ1) is 13.9. The van der Waals surface area contributed by atoms with E-state index in [9.17, 15) is 24.0 Å². The second-order valence-corrected chi connectivity index (χ2v) is 7.45. The Labute approximate surface area is 175 Å². The van der Waals surface area contributed by atoms with Crippen LogP contribution < -0.4 is 15.4 Å². The van der Waals surface area contributed by atoms with Gasteiger partial charge in [-0.1, -0.05) is 22.0 Å². The summed E-state index contributed by atoms with van der Waals surface area (Å²) in [5.74, 6) is -2.64. The molecule has 0 spiro atoms. The zero-order valence-corrected chi connectivity index (χ0v) is 17.1. The molecule has 1 aromatic rings. The van der Waals surface area contributed by atoms with E-state index < -0.39 is 29.7 Å². The number of alkyl halides is 1. The van der Waals surface area contributed by atoms with Crippen LogP contribution in [0.3, 0.4) is 0 Å². The topological polar surface area (TPSA) is 122 Å². The number of halogens is 1. The Bertz CT molecular complexity index is 872. The number of fused-ring (bicyclic) bond motifs is 1. The fourth-order valence-corrected chi connectivity index (χ4v) is 3.64. The number of hydrogen-bond donors (Lipinski definition) is 2. The summed E-state index contributed by atoms with van der Waals surface area (Å²) in [6, 6.07) is 3.46. The number of unbranched alkanes of at least 4 members (excludes halogenated alkanes) is 1. The summed E-state index contributed by atoms with van der Waals surface area (Å²) in [4.78, 5) is 61.9. The van der Waals surface area contributed by atoms with Crippen molar-refractivity contribution in [3.63, 3.8) is 0 Å². The number of carbonyl (C=O) groups excluding carboxylic acids is 5. The molecule has 1 unspecified atom stereocenters. The van der Waals surface area contributed by atoms with Crippen LogP contribution in [0.1, 0.15) is 46.4 Å². The Morgan fingerprint density at radius 1 is 1.21 bits per heavy atom. The van der Waals surface area contributed by atoms with Crippen LogP contribution in [0, 0.1) is 0 Å². The number of imide groups is 2. The molecule has 2 heterocycles. The van der Waals surface area contributed by atoms with Crippen molar-refractivity contribution in [1.29, 1.82) is 0 Å². The Morgan fingerprint density at radius 3 is 2.72 bits per heavy atom. The number of benzene rings is 1. The van der Waals surface area contributed by atoms with Gasteiger partial charge in [0, 0.05) is 18.3 Å². The van der Waals surface area contributed by atoms with Gasteiger partial charge >= 0.3 is 0 Å². The average molecular weight is 466 g/mol. The highest BCUT2D eigenvalue weighted by molar-refractivity contribution is 9.09. The molecule has 2 aliphatic heterocycles. The Balaban J connectivity index is 1.71. The van der Waals surface area contributed by atoms with Crippen LogP contribution in [0.5, 0.6) is 5.75 Å². The van der Waals surface area contributed by atoms with Crippen LogP contribution >= 0.6 is 15.9 Å². The average Bonchev–Trinajstić information content (AvgIpc) is 2.95. The highest BCUT2D eigenvalue weighted by Crippen LogP contribution is 2.33. The van der Waals surface area contributed by atoms with Crippen LogP contribution in [0.15, 0.2) is 18.2 Å². The van der Waals surface area contributed by atoms with Gasteiger partial charge in [-0.15, -0.1) is 0 Å². The molecule has 0 radical (unpaired) electrons. The third kappa shape index (κ3) is 4.47. The van der Waals surface area contributed by atoms with Crippen molar-refractivity contribution in [2.75, 3.05) is 18.5 Å². The molecule has 2 aliphatic rings. The van der Waals surface area contributed by atoms with Gasteiger partial charge in [-0.3, -0.25) is 34.2 Å². The SMILES string of the molecule is O=C(COc1cccc2c1C(=O)N(C1CCC(=O)NC1=O)C2=O)NCCCCBr. The maximum absolute atomic E-state index is 12.9. The minimum atomic E-state index is -1.05. The van der Waals surface area contributed by atoms with Crippen molar-refractivity contribution < 1.29 is 28.7 Å². The number of nitrogens with zero attached hydrogens (tertiary/aromatic N) is 1. The minimum absolute atomic E-state index is 0.0225. The predicted molar refractivity (Wildman–Crippen MR) is 105 cm³/mol. The normalized spacial score (nSPS) is 18.5. The lowest BCUT2D eigenvalue weighted by Crippen LogP contribution is -2.54. The van der Waals surface area contributed by atoms with Gasteiger partial charge in [0.15, 0.2) is 6.61 Å². The zero-order valence-electron chi connectivity index (χ0n) is 15.5. The monoisotopic (exact) mass is 465 g/mol. The summed E-state index contributed by atoms with van der Waals surface area (Å²) >= 11 is 3.31. The molecule has 2 N–H and O–H groups in total. The minimum Gasteiger partial charge on any atom is -0.483 e. The molecule has 0 bridgehead atoms. The third-order valence-corrected chi connectivity index (χ3v) is 5.23. The van der Waals surface area contributed by atoms with Crippen molar-refractivity contribution in [2.24, 2.45) is 0 Å². The first-order valence-electron chi connectivity index (χ1n) is 9.24. The summed E-state index contributed by atoms with van der Waals surface area (Å²) < 4.78 is 5.49. The molecule has 1 atom stereocenters. The lowest BCUT2D eigenvalue weighted by atomic mass is 10.0.